The monoisotopic (exact) mass is 281 g/mol. The summed E-state index contributed by atoms with van der Waals surface area (Å²) in [6.07, 6.45) is 2.43. The van der Waals surface area contributed by atoms with Gasteiger partial charge in [0, 0.05) is 31.8 Å². The highest BCUT2D eigenvalue weighted by Gasteiger charge is 2.49. The number of fused-ring (bicyclic) bond motifs is 1. The fourth-order valence-corrected chi connectivity index (χ4v) is 4.03. The summed E-state index contributed by atoms with van der Waals surface area (Å²) >= 11 is 0. The Balaban J connectivity index is 1.48. The first-order chi connectivity index (χ1) is 9.57. The molecule has 0 aromatic heterocycles. The molecule has 0 aromatic rings. The number of ether oxygens (including phenoxy) is 1. The lowest BCUT2D eigenvalue weighted by Gasteiger charge is -2.35. The Morgan fingerprint density at radius 1 is 1.45 bits per heavy atom. The molecule has 0 saturated carbocycles. The molecule has 3 rings (SSSR count). The van der Waals surface area contributed by atoms with Gasteiger partial charge in [-0.2, -0.15) is 0 Å². The van der Waals surface area contributed by atoms with E-state index in [9.17, 15) is 4.79 Å². The van der Waals surface area contributed by atoms with Crippen LogP contribution in [0.3, 0.4) is 0 Å². The second-order valence-electron chi connectivity index (χ2n) is 7.00. The van der Waals surface area contributed by atoms with E-state index in [-0.39, 0.29) is 17.6 Å². The number of carbonyl (C=O) groups is 1. The molecule has 3 aliphatic rings. The van der Waals surface area contributed by atoms with Crippen molar-refractivity contribution in [2.45, 2.75) is 38.3 Å². The van der Waals surface area contributed by atoms with Crippen LogP contribution in [0.2, 0.25) is 0 Å². The molecule has 0 bridgehead atoms. The molecule has 2 N–H and O–H groups in total. The van der Waals surface area contributed by atoms with Crippen LogP contribution in [0.25, 0.3) is 0 Å². The van der Waals surface area contributed by atoms with E-state index in [1.807, 2.05) is 0 Å². The fourth-order valence-electron chi connectivity index (χ4n) is 4.03. The van der Waals surface area contributed by atoms with Gasteiger partial charge in [0.15, 0.2) is 0 Å². The average Bonchev–Trinajstić information content (AvgIpc) is 3.09. The summed E-state index contributed by atoms with van der Waals surface area (Å²) in [5.74, 6) is 1.52. The van der Waals surface area contributed by atoms with E-state index < -0.39 is 0 Å². The summed E-state index contributed by atoms with van der Waals surface area (Å²) in [6, 6.07) is 0. The van der Waals surface area contributed by atoms with Crippen LogP contribution in [0.5, 0.6) is 0 Å². The SMILES string of the molecule is CC1(C)C2CNCC2CN1CC(=O)NCC1CCCO1. The highest BCUT2D eigenvalue weighted by atomic mass is 16.5. The highest BCUT2D eigenvalue weighted by molar-refractivity contribution is 5.78. The number of nitrogens with zero attached hydrogens (tertiary/aromatic N) is 1. The van der Waals surface area contributed by atoms with Gasteiger partial charge in [-0.25, -0.2) is 0 Å². The van der Waals surface area contributed by atoms with Gasteiger partial charge in [0.05, 0.1) is 12.6 Å². The second kappa shape index (κ2) is 5.62. The van der Waals surface area contributed by atoms with Crippen molar-refractivity contribution in [2.24, 2.45) is 11.8 Å². The Hall–Kier alpha value is -0.650. The van der Waals surface area contributed by atoms with E-state index in [0.717, 1.165) is 39.1 Å². The molecular formula is C15H27N3O2. The van der Waals surface area contributed by atoms with Gasteiger partial charge in [-0.05, 0) is 45.1 Å². The zero-order valence-corrected chi connectivity index (χ0v) is 12.7. The zero-order chi connectivity index (χ0) is 14.2. The third-order valence-electron chi connectivity index (χ3n) is 5.40. The van der Waals surface area contributed by atoms with Crippen LogP contribution in [0, 0.1) is 11.8 Å². The van der Waals surface area contributed by atoms with Crippen molar-refractivity contribution in [2.75, 3.05) is 39.3 Å². The van der Waals surface area contributed by atoms with E-state index in [1.54, 1.807) is 0 Å². The summed E-state index contributed by atoms with van der Waals surface area (Å²) in [5, 5.41) is 6.51. The minimum absolute atomic E-state index is 0.120. The maximum atomic E-state index is 12.1. The summed E-state index contributed by atoms with van der Waals surface area (Å²) in [7, 11) is 0. The molecule has 3 atom stereocenters. The van der Waals surface area contributed by atoms with E-state index in [4.69, 9.17) is 4.74 Å². The van der Waals surface area contributed by atoms with Gasteiger partial charge >= 0.3 is 0 Å². The predicted octanol–water partition coefficient (Wildman–Crippen LogP) is 0.211. The maximum Gasteiger partial charge on any atom is 0.234 e. The van der Waals surface area contributed by atoms with Gasteiger partial charge in [0.25, 0.3) is 0 Å². The molecule has 3 saturated heterocycles. The van der Waals surface area contributed by atoms with Crippen molar-refractivity contribution < 1.29 is 9.53 Å². The van der Waals surface area contributed by atoms with Gasteiger partial charge in [-0.15, -0.1) is 0 Å². The van der Waals surface area contributed by atoms with Gasteiger partial charge in [0.2, 0.25) is 5.91 Å². The first-order valence-electron chi connectivity index (χ1n) is 7.91. The number of rotatable bonds is 4. The molecule has 1 amide bonds. The molecule has 0 aliphatic carbocycles. The number of likely N-dealkylation sites (tertiary alicyclic amines) is 1. The first-order valence-corrected chi connectivity index (χ1v) is 7.91. The van der Waals surface area contributed by atoms with E-state index in [1.165, 1.54) is 0 Å². The molecule has 5 heteroatoms. The first kappa shape index (κ1) is 14.3. The van der Waals surface area contributed by atoms with Crippen LogP contribution in [0.15, 0.2) is 0 Å². The normalized spacial score (nSPS) is 36.2. The van der Waals surface area contributed by atoms with Crippen LogP contribution < -0.4 is 10.6 Å². The number of hydrogen-bond donors (Lipinski definition) is 2. The lowest BCUT2D eigenvalue weighted by atomic mass is 9.85. The van der Waals surface area contributed by atoms with Crippen molar-refractivity contribution in [3.8, 4) is 0 Å². The summed E-state index contributed by atoms with van der Waals surface area (Å²) < 4.78 is 5.54. The van der Waals surface area contributed by atoms with Gasteiger partial charge in [-0.1, -0.05) is 0 Å². The maximum absolute atomic E-state index is 12.1. The van der Waals surface area contributed by atoms with Gasteiger partial charge in [0.1, 0.15) is 0 Å². The summed E-state index contributed by atoms with van der Waals surface area (Å²) in [6.45, 7) is 9.81. The Kier molecular flexibility index (Phi) is 4.02. The highest BCUT2D eigenvalue weighted by Crippen LogP contribution is 2.40. The minimum Gasteiger partial charge on any atom is -0.376 e. The second-order valence-corrected chi connectivity index (χ2v) is 7.00. The van der Waals surface area contributed by atoms with Crippen LogP contribution in [-0.4, -0.2) is 61.8 Å². The number of hydrogen-bond acceptors (Lipinski definition) is 4. The molecule has 3 heterocycles. The Morgan fingerprint density at radius 3 is 3.00 bits per heavy atom. The third kappa shape index (κ3) is 2.71. The van der Waals surface area contributed by atoms with Crippen molar-refractivity contribution in [3.05, 3.63) is 0 Å². The topological polar surface area (TPSA) is 53.6 Å². The quantitative estimate of drug-likeness (QED) is 0.773. The molecule has 0 spiro atoms. The molecule has 114 valence electrons. The Bertz CT molecular complexity index is 366. The largest absolute Gasteiger partial charge is 0.376 e. The lowest BCUT2D eigenvalue weighted by molar-refractivity contribution is -0.123. The third-order valence-corrected chi connectivity index (χ3v) is 5.40. The molecular weight excluding hydrogens is 254 g/mol. The van der Waals surface area contributed by atoms with Crippen molar-refractivity contribution in [1.82, 2.24) is 15.5 Å². The standard InChI is InChI=1S/C15H27N3O2/c1-15(2)13-8-16-6-11(13)9-18(15)10-14(19)17-7-12-4-3-5-20-12/h11-13,16H,3-10H2,1-2H3,(H,17,19). The molecule has 0 aromatic carbocycles. The summed E-state index contributed by atoms with van der Waals surface area (Å²) in [5.41, 5.74) is 0.120. The zero-order valence-electron chi connectivity index (χ0n) is 12.7. The molecule has 3 unspecified atom stereocenters. The average molecular weight is 281 g/mol. The molecule has 20 heavy (non-hydrogen) atoms. The molecule has 5 nitrogen and oxygen atoms in total. The van der Waals surface area contributed by atoms with Crippen molar-refractivity contribution in [1.29, 1.82) is 0 Å². The fraction of sp³-hybridized carbons (Fsp3) is 0.933. The van der Waals surface area contributed by atoms with Crippen LogP contribution in [0.1, 0.15) is 26.7 Å². The Labute approximate surface area is 121 Å². The smallest absolute Gasteiger partial charge is 0.234 e. The number of amides is 1. The van der Waals surface area contributed by atoms with Gasteiger partial charge < -0.3 is 15.4 Å². The van der Waals surface area contributed by atoms with E-state index in [2.05, 4.69) is 29.4 Å². The van der Waals surface area contributed by atoms with E-state index >= 15 is 0 Å². The molecule has 3 fully saturated rings. The Morgan fingerprint density at radius 2 is 2.30 bits per heavy atom. The van der Waals surface area contributed by atoms with Crippen LogP contribution in [-0.2, 0) is 9.53 Å². The van der Waals surface area contributed by atoms with Crippen molar-refractivity contribution >= 4 is 5.91 Å². The van der Waals surface area contributed by atoms with Crippen LogP contribution in [0.4, 0.5) is 0 Å². The number of nitrogens with one attached hydrogen (secondary N) is 2. The van der Waals surface area contributed by atoms with E-state index in [0.29, 0.717) is 24.9 Å². The predicted molar refractivity (Wildman–Crippen MR) is 77.5 cm³/mol. The minimum atomic E-state index is 0.120. The molecule has 3 aliphatic heterocycles. The van der Waals surface area contributed by atoms with Gasteiger partial charge in [-0.3, -0.25) is 9.69 Å². The summed E-state index contributed by atoms with van der Waals surface area (Å²) in [4.78, 5) is 14.5. The number of carbonyl (C=O) groups excluding carboxylic acids is 1. The van der Waals surface area contributed by atoms with Crippen LogP contribution >= 0.6 is 0 Å². The molecule has 0 radical (unpaired) electrons. The van der Waals surface area contributed by atoms with Crippen molar-refractivity contribution in [3.63, 3.8) is 0 Å². The lowest BCUT2D eigenvalue weighted by Crippen LogP contribution is -2.49.